The van der Waals surface area contributed by atoms with E-state index in [1.54, 1.807) is 0 Å². The first kappa shape index (κ1) is 27.5. The first-order valence-electron chi connectivity index (χ1n) is 18.0. The summed E-state index contributed by atoms with van der Waals surface area (Å²) in [6.45, 7) is 0. The molecule has 0 saturated carbocycles. The standard InChI is InChI=1S/C48H26N4O/c1-2-13-28(14-3-1)43-48(49-36-25-24-27-12-4-5-15-29(27)44(36)50-43)52-39-22-11-21-38-42(39)41-34(26-35-31-17-7-9-23-40(31)53-47(35)46(41)52)33-19-10-18-32-30-16-6-8-20-37(30)51(38)45(32)33/h1-26H. The number of hydrogen-bond donors (Lipinski definition) is 0. The van der Waals surface area contributed by atoms with Crippen LogP contribution in [0.4, 0.5) is 0 Å². The number of furan rings is 1. The van der Waals surface area contributed by atoms with Gasteiger partial charge in [0, 0.05) is 48.7 Å². The molecule has 53 heavy (non-hydrogen) atoms. The molecule has 0 fully saturated rings. The lowest BCUT2D eigenvalue weighted by Gasteiger charge is -2.15. The third kappa shape index (κ3) is 3.42. The minimum absolute atomic E-state index is 0.770. The molecule has 5 heteroatoms. The Morgan fingerprint density at radius 1 is 0.453 bits per heavy atom. The molecule has 0 bridgehead atoms. The first-order valence-corrected chi connectivity index (χ1v) is 18.0. The van der Waals surface area contributed by atoms with Crippen molar-refractivity contribution >= 4 is 104 Å². The molecule has 0 unspecified atom stereocenters. The van der Waals surface area contributed by atoms with Crippen LogP contribution in [0.25, 0.3) is 121 Å². The summed E-state index contributed by atoms with van der Waals surface area (Å²) in [5.74, 6) is 0.770. The largest absolute Gasteiger partial charge is 0.454 e. The summed E-state index contributed by atoms with van der Waals surface area (Å²) in [7, 11) is 0. The second-order valence-electron chi connectivity index (χ2n) is 14.1. The van der Waals surface area contributed by atoms with Gasteiger partial charge in [-0.05, 0) is 47.2 Å². The van der Waals surface area contributed by atoms with Crippen molar-refractivity contribution in [1.82, 2.24) is 18.9 Å². The van der Waals surface area contributed by atoms with Crippen LogP contribution < -0.4 is 0 Å². The van der Waals surface area contributed by atoms with Gasteiger partial charge in [0.1, 0.15) is 11.3 Å². The topological polar surface area (TPSA) is 48.3 Å². The van der Waals surface area contributed by atoms with Gasteiger partial charge >= 0.3 is 0 Å². The Bertz CT molecular complexity index is 3680. The number of rotatable bonds is 2. The smallest absolute Gasteiger partial charge is 0.165 e. The van der Waals surface area contributed by atoms with Crippen LogP contribution in [0.3, 0.4) is 0 Å². The van der Waals surface area contributed by atoms with E-state index in [4.69, 9.17) is 14.4 Å². The zero-order valence-electron chi connectivity index (χ0n) is 28.2. The van der Waals surface area contributed by atoms with Crippen LogP contribution >= 0.6 is 0 Å². The van der Waals surface area contributed by atoms with E-state index in [2.05, 4.69) is 161 Å². The molecule has 13 rings (SSSR count). The van der Waals surface area contributed by atoms with Crippen molar-refractivity contribution in [2.45, 2.75) is 0 Å². The Balaban J connectivity index is 1.34. The van der Waals surface area contributed by atoms with Crippen molar-refractivity contribution in [3.8, 4) is 17.1 Å². The van der Waals surface area contributed by atoms with Gasteiger partial charge in [-0.2, -0.15) is 0 Å². The zero-order valence-corrected chi connectivity index (χ0v) is 28.2. The van der Waals surface area contributed by atoms with Crippen molar-refractivity contribution in [2.24, 2.45) is 0 Å². The van der Waals surface area contributed by atoms with Crippen LogP contribution in [0.5, 0.6) is 0 Å². The molecule has 0 aliphatic rings. The molecule has 13 aromatic rings. The van der Waals surface area contributed by atoms with Gasteiger partial charge in [-0.25, -0.2) is 9.97 Å². The molecule has 5 aromatic heterocycles. The number of para-hydroxylation sites is 3. The molecule has 0 atom stereocenters. The molecule has 0 radical (unpaired) electrons. The highest BCUT2D eigenvalue weighted by atomic mass is 16.3. The van der Waals surface area contributed by atoms with E-state index in [9.17, 15) is 0 Å². The van der Waals surface area contributed by atoms with Crippen molar-refractivity contribution in [2.75, 3.05) is 0 Å². The van der Waals surface area contributed by atoms with E-state index in [0.29, 0.717) is 0 Å². The Labute approximate surface area is 300 Å². The summed E-state index contributed by atoms with van der Waals surface area (Å²) in [4.78, 5) is 11.1. The van der Waals surface area contributed by atoms with Crippen LogP contribution in [0.15, 0.2) is 162 Å². The van der Waals surface area contributed by atoms with Crippen LogP contribution in [0.1, 0.15) is 0 Å². The third-order valence-electron chi connectivity index (χ3n) is 11.4. The lowest BCUT2D eigenvalue weighted by Crippen LogP contribution is -2.04. The number of fused-ring (bicyclic) bond motifs is 12. The van der Waals surface area contributed by atoms with Crippen LogP contribution in [-0.4, -0.2) is 18.9 Å². The number of nitrogens with zero attached hydrogens (tertiary/aromatic N) is 4. The fourth-order valence-electron chi connectivity index (χ4n) is 9.23. The molecule has 244 valence electrons. The molecule has 8 aromatic carbocycles. The molecule has 5 heterocycles. The van der Waals surface area contributed by atoms with Gasteiger partial charge in [-0.3, -0.25) is 4.57 Å². The van der Waals surface area contributed by atoms with Gasteiger partial charge < -0.3 is 8.82 Å². The molecular formula is C48H26N4O. The van der Waals surface area contributed by atoms with Crippen LogP contribution in [-0.2, 0) is 0 Å². The molecule has 0 amide bonds. The Morgan fingerprint density at radius 3 is 2.06 bits per heavy atom. The third-order valence-corrected chi connectivity index (χ3v) is 11.4. The van der Waals surface area contributed by atoms with Gasteiger partial charge in [0.15, 0.2) is 11.4 Å². The highest BCUT2D eigenvalue weighted by molar-refractivity contribution is 6.36. The van der Waals surface area contributed by atoms with E-state index in [1.165, 1.54) is 32.6 Å². The number of hydrogen-bond acceptors (Lipinski definition) is 3. The van der Waals surface area contributed by atoms with Crippen LogP contribution in [0, 0.1) is 0 Å². The lowest BCUT2D eigenvalue weighted by molar-refractivity contribution is 0.671. The molecule has 0 aliphatic heterocycles. The fraction of sp³-hybridized carbons (Fsp3) is 0. The molecule has 0 N–H and O–H groups in total. The van der Waals surface area contributed by atoms with Gasteiger partial charge in [-0.15, -0.1) is 0 Å². The lowest BCUT2D eigenvalue weighted by atomic mass is 10.0. The summed E-state index contributed by atoms with van der Waals surface area (Å²) in [6.07, 6.45) is 0. The summed E-state index contributed by atoms with van der Waals surface area (Å²) in [5, 5.41) is 11.6. The van der Waals surface area contributed by atoms with E-state index in [-0.39, 0.29) is 0 Å². The molecule has 5 nitrogen and oxygen atoms in total. The fourth-order valence-corrected chi connectivity index (χ4v) is 9.23. The van der Waals surface area contributed by atoms with E-state index in [0.717, 1.165) is 88.1 Å². The second-order valence-corrected chi connectivity index (χ2v) is 14.1. The highest BCUT2D eigenvalue weighted by Crippen LogP contribution is 2.48. The quantitative estimate of drug-likeness (QED) is 0.172. The van der Waals surface area contributed by atoms with E-state index >= 15 is 0 Å². The molecule has 0 saturated heterocycles. The predicted octanol–water partition coefficient (Wildman–Crippen LogP) is 12.6. The maximum Gasteiger partial charge on any atom is 0.165 e. The van der Waals surface area contributed by atoms with Gasteiger partial charge in [0.05, 0.1) is 38.6 Å². The Kier molecular flexibility index (Phi) is 5.06. The van der Waals surface area contributed by atoms with Gasteiger partial charge in [0.25, 0.3) is 0 Å². The van der Waals surface area contributed by atoms with E-state index < -0.39 is 0 Å². The average molecular weight is 675 g/mol. The average Bonchev–Trinajstić information content (AvgIpc) is 3.86. The zero-order chi connectivity index (χ0) is 34.4. The van der Waals surface area contributed by atoms with Crippen LogP contribution in [0.2, 0.25) is 0 Å². The van der Waals surface area contributed by atoms with Crippen molar-refractivity contribution in [3.63, 3.8) is 0 Å². The number of benzene rings is 8. The summed E-state index contributed by atoms with van der Waals surface area (Å²) >= 11 is 0. The maximum atomic E-state index is 6.93. The monoisotopic (exact) mass is 674 g/mol. The summed E-state index contributed by atoms with van der Waals surface area (Å²) < 4.78 is 11.7. The molecule has 0 spiro atoms. The van der Waals surface area contributed by atoms with Crippen molar-refractivity contribution in [1.29, 1.82) is 0 Å². The maximum absolute atomic E-state index is 6.93. The van der Waals surface area contributed by atoms with Gasteiger partial charge in [0.2, 0.25) is 0 Å². The Hall–Kier alpha value is -7.24. The van der Waals surface area contributed by atoms with E-state index in [1.807, 2.05) is 6.07 Å². The SMILES string of the molecule is c1ccc(-c2nc3c(ccc4ccccc43)nc2-n2c3cccc4c3c3c(cc5c6ccccc6oc5c32)c2cccc3c5ccccc5n4c23)cc1. The normalized spacial score (nSPS) is 12.5. The first-order chi connectivity index (χ1) is 26.3. The summed E-state index contributed by atoms with van der Waals surface area (Å²) in [6, 6.07) is 56.1. The molecule has 0 aliphatic carbocycles. The van der Waals surface area contributed by atoms with Crippen molar-refractivity contribution in [3.05, 3.63) is 158 Å². The molecular weight excluding hydrogens is 649 g/mol. The van der Waals surface area contributed by atoms with Gasteiger partial charge in [-0.1, -0.05) is 121 Å². The Morgan fingerprint density at radius 2 is 1.15 bits per heavy atom. The minimum Gasteiger partial charge on any atom is -0.454 e. The second kappa shape index (κ2) is 9.75. The predicted molar refractivity (Wildman–Crippen MR) is 219 cm³/mol. The van der Waals surface area contributed by atoms with Crippen molar-refractivity contribution < 1.29 is 4.42 Å². The highest BCUT2D eigenvalue weighted by Gasteiger charge is 2.28. The number of aromatic nitrogens is 4. The minimum atomic E-state index is 0.770. The summed E-state index contributed by atoms with van der Waals surface area (Å²) in [5.41, 5.74) is 10.9.